The Morgan fingerprint density at radius 2 is 2.00 bits per heavy atom. The van der Waals surface area contributed by atoms with Crippen molar-refractivity contribution >= 4 is 37.9 Å². The number of nitrogens with zero attached hydrogens (tertiary/aromatic N) is 2. The number of rotatable bonds is 7. The van der Waals surface area contributed by atoms with Crippen LogP contribution in [0.2, 0.25) is 0 Å². The summed E-state index contributed by atoms with van der Waals surface area (Å²) in [4.78, 5) is 25.9. The molecule has 1 N–H and O–H groups in total. The first-order chi connectivity index (χ1) is 11.8. The number of amides is 1. The molecule has 1 aromatic carbocycles. The molecular weight excluding hydrogens is 366 g/mol. The number of sulfone groups is 1. The van der Waals surface area contributed by atoms with Gasteiger partial charge in [0.2, 0.25) is 15.7 Å². The summed E-state index contributed by atoms with van der Waals surface area (Å²) in [5, 5.41) is 13.5. The fourth-order valence-electron chi connectivity index (χ4n) is 2.10. The maximum absolute atomic E-state index is 12.5. The first kappa shape index (κ1) is 19.0. The SMILES string of the molecule is CCC[C@H](C)C(=O)Nc1ncc(S(=O)(=O)c2ccc([N+](=O)[O-])cc2)s1. The molecular formula is C15H17N3O5S2. The molecule has 10 heteroatoms. The standard InChI is InChI=1S/C15H17N3O5S2/c1-3-4-10(2)14(19)17-15-16-9-13(24-15)25(22,23)12-7-5-11(6-8-12)18(20)21/h5-10H,3-4H2,1-2H3,(H,16,17,19)/t10-/m0/s1. The van der Waals surface area contributed by atoms with E-state index < -0.39 is 14.8 Å². The lowest BCUT2D eigenvalue weighted by molar-refractivity contribution is -0.384. The van der Waals surface area contributed by atoms with Crippen molar-refractivity contribution < 1.29 is 18.1 Å². The molecule has 1 amide bonds. The monoisotopic (exact) mass is 383 g/mol. The zero-order valence-corrected chi connectivity index (χ0v) is 15.3. The van der Waals surface area contributed by atoms with Crippen LogP contribution in [-0.2, 0) is 14.6 Å². The number of nitro benzene ring substituents is 1. The van der Waals surface area contributed by atoms with E-state index >= 15 is 0 Å². The van der Waals surface area contributed by atoms with Gasteiger partial charge in [-0.25, -0.2) is 13.4 Å². The van der Waals surface area contributed by atoms with Crippen LogP contribution in [0.3, 0.4) is 0 Å². The summed E-state index contributed by atoms with van der Waals surface area (Å²) < 4.78 is 25.0. The highest BCUT2D eigenvalue weighted by atomic mass is 32.2. The molecule has 0 bridgehead atoms. The molecule has 134 valence electrons. The van der Waals surface area contributed by atoms with Gasteiger partial charge < -0.3 is 5.32 Å². The number of hydrogen-bond acceptors (Lipinski definition) is 7. The lowest BCUT2D eigenvalue weighted by atomic mass is 10.1. The van der Waals surface area contributed by atoms with Crippen molar-refractivity contribution in [1.82, 2.24) is 4.98 Å². The normalized spacial score (nSPS) is 12.6. The number of benzene rings is 1. The second kappa shape index (κ2) is 7.70. The molecule has 0 aliphatic carbocycles. The Morgan fingerprint density at radius 3 is 2.56 bits per heavy atom. The van der Waals surface area contributed by atoms with Crippen LogP contribution in [0.15, 0.2) is 39.6 Å². The molecule has 0 radical (unpaired) electrons. The second-order valence-electron chi connectivity index (χ2n) is 5.42. The van der Waals surface area contributed by atoms with Crippen molar-refractivity contribution in [2.24, 2.45) is 5.92 Å². The van der Waals surface area contributed by atoms with Crippen LogP contribution < -0.4 is 5.32 Å². The van der Waals surface area contributed by atoms with Crippen molar-refractivity contribution in [3.8, 4) is 0 Å². The third-order valence-corrected chi connectivity index (χ3v) is 6.65. The third-order valence-electron chi connectivity index (χ3n) is 3.51. The van der Waals surface area contributed by atoms with Crippen LogP contribution >= 0.6 is 11.3 Å². The number of thiazole rings is 1. The van der Waals surface area contributed by atoms with Gasteiger partial charge in [0.05, 0.1) is 16.0 Å². The Kier molecular flexibility index (Phi) is 5.85. The molecule has 25 heavy (non-hydrogen) atoms. The molecule has 0 aliphatic heterocycles. The van der Waals surface area contributed by atoms with Gasteiger partial charge in [-0.05, 0) is 18.6 Å². The molecule has 0 aliphatic rings. The number of aromatic nitrogens is 1. The van der Waals surface area contributed by atoms with Crippen LogP contribution in [0, 0.1) is 16.0 Å². The maximum atomic E-state index is 12.5. The van der Waals surface area contributed by atoms with E-state index in [-0.39, 0.29) is 31.7 Å². The van der Waals surface area contributed by atoms with Crippen LogP contribution in [0.25, 0.3) is 0 Å². The fraction of sp³-hybridized carbons (Fsp3) is 0.333. The number of carbonyl (C=O) groups is 1. The van der Waals surface area contributed by atoms with Crippen molar-refractivity contribution in [3.05, 3.63) is 40.6 Å². The highest BCUT2D eigenvalue weighted by Gasteiger charge is 2.23. The van der Waals surface area contributed by atoms with Gasteiger partial charge >= 0.3 is 0 Å². The molecule has 0 unspecified atom stereocenters. The van der Waals surface area contributed by atoms with E-state index in [1.54, 1.807) is 6.92 Å². The topological polar surface area (TPSA) is 119 Å². The van der Waals surface area contributed by atoms with Gasteiger partial charge in [-0.15, -0.1) is 0 Å². The molecule has 8 nitrogen and oxygen atoms in total. The van der Waals surface area contributed by atoms with Gasteiger partial charge in [0.1, 0.15) is 4.21 Å². The first-order valence-corrected chi connectivity index (χ1v) is 9.82. The van der Waals surface area contributed by atoms with E-state index in [0.717, 1.165) is 36.3 Å². The molecule has 2 aromatic rings. The lowest BCUT2D eigenvalue weighted by Crippen LogP contribution is -2.19. The van der Waals surface area contributed by atoms with E-state index in [2.05, 4.69) is 10.3 Å². The number of anilines is 1. The predicted molar refractivity (Wildman–Crippen MR) is 93.4 cm³/mol. The van der Waals surface area contributed by atoms with E-state index in [4.69, 9.17) is 0 Å². The third kappa shape index (κ3) is 4.40. The smallest absolute Gasteiger partial charge is 0.269 e. The minimum Gasteiger partial charge on any atom is -0.302 e. The van der Waals surface area contributed by atoms with Crippen molar-refractivity contribution in [2.75, 3.05) is 5.32 Å². The summed E-state index contributed by atoms with van der Waals surface area (Å²) in [6, 6.07) is 4.61. The van der Waals surface area contributed by atoms with Gasteiger partial charge in [0.25, 0.3) is 5.69 Å². The second-order valence-corrected chi connectivity index (χ2v) is 8.63. The van der Waals surface area contributed by atoms with Crippen LogP contribution in [0.4, 0.5) is 10.8 Å². The van der Waals surface area contributed by atoms with Gasteiger partial charge in [0, 0.05) is 18.1 Å². The highest BCUT2D eigenvalue weighted by Crippen LogP contribution is 2.29. The minimum absolute atomic E-state index is 0.0419. The summed E-state index contributed by atoms with van der Waals surface area (Å²) in [5.41, 5.74) is -0.193. The first-order valence-electron chi connectivity index (χ1n) is 7.52. The van der Waals surface area contributed by atoms with E-state index in [9.17, 15) is 23.3 Å². The van der Waals surface area contributed by atoms with Crippen LogP contribution in [-0.4, -0.2) is 24.2 Å². The number of carbonyl (C=O) groups excluding carboxylic acids is 1. The number of nitrogens with one attached hydrogen (secondary N) is 1. The Labute approximate surface area is 149 Å². The van der Waals surface area contributed by atoms with Crippen molar-refractivity contribution in [1.29, 1.82) is 0 Å². The fourth-order valence-corrected chi connectivity index (χ4v) is 4.53. The summed E-state index contributed by atoms with van der Waals surface area (Å²) in [6.07, 6.45) is 2.76. The molecule has 2 rings (SSSR count). The molecule has 0 saturated heterocycles. The Bertz CT molecular complexity index is 875. The average Bonchev–Trinajstić information content (AvgIpc) is 3.04. The van der Waals surface area contributed by atoms with Gasteiger partial charge in [-0.3, -0.25) is 14.9 Å². The molecule has 1 atom stereocenters. The van der Waals surface area contributed by atoms with E-state index in [0.29, 0.717) is 0 Å². The summed E-state index contributed by atoms with van der Waals surface area (Å²) >= 11 is 0.844. The average molecular weight is 383 g/mol. The van der Waals surface area contributed by atoms with Crippen molar-refractivity contribution in [2.45, 2.75) is 35.8 Å². The zero-order valence-electron chi connectivity index (χ0n) is 13.6. The number of non-ortho nitro benzene ring substituents is 1. The summed E-state index contributed by atoms with van der Waals surface area (Å²) in [6.45, 7) is 3.77. The van der Waals surface area contributed by atoms with Crippen LogP contribution in [0.5, 0.6) is 0 Å². The Balaban J connectivity index is 2.20. The maximum Gasteiger partial charge on any atom is 0.269 e. The lowest BCUT2D eigenvalue weighted by Gasteiger charge is -2.08. The molecule has 0 saturated carbocycles. The Hall–Kier alpha value is -2.33. The molecule has 0 spiro atoms. The number of nitro groups is 1. The van der Waals surface area contributed by atoms with Gasteiger partial charge in [-0.2, -0.15) is 0 Å². The summed E-state index contributed by atoms with van der Waals surface area (Å²) in [5.74, 6) is -0.404. The van der Waals surface area contributed by atoms with E-state index in [1.165, 1.54) is 18.3 Å². The zero-order chi connectivity index (χ0) is 18.6. The minimum atomic E-state index is -3.84. The quantitative estimate of drug-likeness (QED) is 0.579. The van der Waals surface area contributed by atoms with Gasteiger partial charge in [-0.1, -0.05) is 31.6 Å². The largest absolute Gasteiger partial charge is 0.302 e. The number of hydrogen-bond donors (Lipinski definition) is 1. The highest BCUT2D eigenvalue weighted by molar-refractivity contribution is 7.93. The van der Waals surface area contributed by atoms with Crippen molar-refractivity contribution in [3.63, 3.8) is 0 Å². The molecule has 1 aromatic heterocycles. The van der Waals surface area contributed by atoms with Gasteiger partial charge in [0.15, 0.2) is 5.13 Å². The Morgan fingerprint density at radius 1 is 1.36 bits per heavy atom. The molecule has 1 heterocycles. The predicted octanol–water partition coefficient (Wildman–Crippen LogP) is 3.26. The summed E-state index contributed by atoms with van der Waals surface area (Å²) in [7, 11) is -3.84. The van der Waals surface area contributed by atoms with Crippen LogP contribution in [0.1, 0.15) is 26.7 Å². The molecule has 0 fully saturated rings. The van der Waals surface area contributed by atoms with E-state index in [1.807, 2.05) is 6.92 Å².